The van der Waals surface area contributed by atoms with Gasteiger partial charge < -0.3 is 10.2 Å². The van der Waals surface area contributed by atoms with Gasteiger partial charge in [0.1, 0.15) is 11.9 Å². The zero-order valence-electron chi connectivity index (χ0n) is 16.9. The van der Waals surface area contributed by atoms with Crippen LogP contribution in [-0.4, -0.2) is 40.8 Å². The van der Waals surface area contributed by atoms with Gasteiger partial charge in [-0.05, 0) is 56.0 Å². The molecule has 3 heterocycles. The molecule has 2 fully saturated rings. The average molecular weight is 411 g/mol. The minimum atomic E-state index is -0.338. The van der Waals surface area contributed by atoms with Crippen LogP contribution in [0.2, 0.25) is 0 Å². The van der Waals surface area contributed by atoms with E-state index in [2.05, 4.69) is 21.2 Å². The normalized spacial score (nSPS) is 22.1. The van der Waals surface area contributed by atoms with E-state index in [1.807, 2.05) is 23.1 Å². The van der Waals surface area contributed by atoms with E-state index in [0.717, 1.165) is 5.69 Å². The average Bonchev–Trinajstić information content (AvgIpc) is 3.27. The second-order valence-electron chi connectivity index (χ2n) is 7.94. The van der Waals surface area contributed by atoms with Gasteiger partial charge in [0, 0.05) is 30.9 Å². The van der Waals surface area contributed by atoms with E-state index >= 15 is 0 Å². The number of carbonyl (C=O) groups is 2. The number of aromatic nitrogens is 1. The Bertz CT molecular complexity index is 915. The summed E-state index contributed by atoms with van der Waals surface area (Å²) in [5.41, 5.74) is 8.14. The molecule has 2 atom stereocenters. The fraction of sp³-hybridized carbons (Fsp3) is 0.409. The summed E-state index contributed by atoms with van der Waals surface area (Å²) in [6, 6.07) is 10.1. The molecule has 2 aliphatic heterocycles. The van der Waals surface area contributed by atoms with Gasteiger partial charge in [-0.15, -0.1) is 0 Å². The molecular weight excluding hydrogens is 385 g/mol. The Kier molecular flexibility index (Phi) is 6.06. The molecule has 158 valence electrons. The third-order valence-corrected chi connectivity index (χ3v) is 5.86. The van der Waals surface area contributed by atoms with Crippen molar-refractivity contribution in [2.45, 2.75) is 38.3 Å². The van der Waals surface area contributed by atoms with Crippen molar-refractivity contribution in [2.24, 2.45) is 5.92 Å². The van der Waals surface area contributed by atoms with Crippen molar-refractivity contribution in [1.29, 1.82) is 0 Å². The largest absolute Gasteiger partial charge is 0.341 e. The summed E-state index contributed by atoms with van der Waals surface area (Å²) in [6.07, 6.45) is 3.56. The zero-order valence-corrected chi connectivity index (χ0v) is 16.9. The number of hydrazine groups is 1. The highest BCUT2D eigenvalue weighted by Crippen LogP contribution is 2.24. The van der Waals surface area contributed by atoms with E-state index in [1.165, 1.54) is 6.07 Å². The molecule has 2 aliphatic rings. The SMILES string of the molecule is Cc1ccc(NC(=O)C2CCN(C(=O)C3CC(c4ccccn4)NN3)CC2)cc1F. The number of piperidine rings is 1. The summed E-state index contributed by atoms with van der Waals surface area (Å²) < 4.78 is 13.7. The van der Waals surface area contributed by atoms with Gasteiger partial charge in [0.15, 0.2) is 0 Å². The van der Waals surface area contributed by atoms with Crippen molar-refractivity contribution < 1.29 is 14.0 Å². The number of anilines is 1. The minimum absolute atomic E-state index is 0.00151. The second kappa shape index (κ2) is 8.89. The first-order valence-corrected chi connectivity index (χ1v) is 10.3. The molecule has 1 aromatic carbocycles. The van der Waals surface area contributed by atoms with Crippen LogP contribution in [0, 0.1) is 18.7 Å². The van der Waals surface area contributed by atoms with E-state index in [-0.39, 0.29) is 35.6 Å². The molecule has 7 nitrogen and oxygen atoms in total. The Hall–Kier alpha value is -2.84. The molecule has 1 aromatic heterocycles. The number of nitrogens with zero attached hydrogens (tertiary/aromatic N) is 2. The van der Waals surface area contributed by atoms with E-state index in [9.17, 15) is 14.0 Å². The van der Waals surface area contributed by atoms with Gasteiger partial charge in [0.25, 0.3) is 0 Å². The van der Waals surface area contributed by atoms with Crippen molar-refractivity contribution >= 4 is 17.5 Å². The number of halogens is 1. The highest BCUT2D eigenvalue weighted by atomic mass is 19.1. The smallest absolute Gasteiger partial charge is 0.241 e. The third kappa shape index (κ3) is 4.49. The number of amides is 2. The number of aryl methyl sites for hydroxylation is 1. The van der Waals surface area contributed by atoms with Gasteiger partial charge in [-0.25, -0.2) is 15.2 Å². The molecule has 8 heteroatoms. The number of likely N-dealkylation sites (tertiary alicyclic amines) is 1. The molecule has 0 saturated carbocycles. The van der Waals surface area contributed by atoms with E-state index in [1.54, 1.807) is 25.3 Å². The Morgan fingerprint density at radius 1 is 1.17 bits per heavy atom. The van der Waals surface area contributed by atoms with Gasteiger partial charge in [-0.3, -0.25) is 14.6 Å². The van der Waals surface area contributed by atoms with E-state index in [0.29, 0.717) is 43.6 Å². The molecule has 2 amide bonds. The second-order valence-corrected chi connectivity index (χ2v) is 7.94. The molecule has 2 aromatic rings. The van der Waals surface area contributed by atoms with Crippen LogP contribution in [0.4, 0.5) is 10.1 Å². The first-order valence-electron chi connectivity index (χ1n) is 10.3. The monoisotopic (exact) mass is 411 g/mol. The number of hydrogen-bond acceptors (Lipinski definition) is 5. The van der Waals surface area contributed by atoms with Crippen LogP contribution in [0.5, 0.6) is 0 Å². The molecule has 0 aliphatic carbocycles. The molecule has 0 radical (unpaired) electrons. The minimum Gasteiger partial charge on any atom is -0.341 e. The Morgan fingerprint density at radius 2 is 1.97 bits per heavy atom. The summed E-state index contributed by atoms with van der Waals surface area (Å²) in [4.78, 5) is 31.6. The number of pyridine rings is 1. The molecule has 30 heavy (non-hydrogen) atoms. The van der Waals surface area contributed by atoms with Crippen molar-refractivity contribution in [3.63, 3.8) is 0 Å². The van der Waals surface area contributed by atoms with Crippen LogP contribution in [0.15, 0.2) is 42.6 Å². The maximum Gasteiger partial charge on any atom is 0.241 e. The topological polar surface area (TPSA) is 86.4 Å². The van der Waals surface area contributed by atoms with Gasteiger partial charge in [0.05, 0.1) is 11.7 Å². The maximum absolute atomic E-state index is 13.7. The van der Waals surface area contributed by atoms with E-state index in [4.69, 9.17) is 0 Å². The highest BCUT2D eigenvalue weighted by molar-refractivity contribution is 5.93. The quantitative estimate of drug-likeness (QED) is 0.719. The summed E-state index contributed by atoms with van der Waals surface area (Å²) in [7, 11) is 0. The van der Waals surface area contributed by atoms with Crippen LogP contribution >= 0.6 is 0 Å². The third-order valence-electron chi connectivity index (χ3n) is 5.86. The summed E-state index contributed by atoms with van der Waals surface area (Å²) in [6.45, 7) is 2.75. The number of benzene rings is 1. The van der Waals surface area contributed by atoms with Crippen LogP contribution < -0.4 is 16.2 Å². The fourth-order valence-corrected chi connectivity index (χ4v) is 3.99. The first-order chi connectivity index (χ1) is 14.5. The molecule has 2 unspecified atom stereocenters. The molecule has 3 N–H and O–H groups in total. The number of nitrogens with one attached hydrogen (secondary N) is 3. The standard InChI is InChI=1S/C22H26FN5O2/c1-14-5-6-16(12-17(14)23)25-21(29)15-7-10-28(11-8-15)22(30)20-13-19(26-27-20)18-4-2-3-9-24-18/h2-6,9,12,15,19-20,26-27H,7-8,10-11,13H2,1H3,(H,25,29). The van der Waals surface area contributed by atoms with Crippen LogP contribution in [0.25, 0.3) is 0 Å². The zero-order chi connectivity index (χ0) is 21.1. The Labute approximate surface area is 175 Å². The Morgan fingerprint density at radius 3 is 2.67 bits per heavy atom. The Balaban J connectivity index is 1.27. The lowest BCUT2D eigenvalue weighted by Gasteiger charge is -2.32. The molecule has 0 bridgehead atoms. The van der Waals surface area contributed by atoms with Crippen molar-refractivity contribution in [3.8, 4) is 0 Å². The number of carbonyl (C=O) groups excluding carboxylic acids is 2. The first kappa shape index (κ1) is 20.4. The summed E-state index contributed by atoms with van der Waals surface area (Å²) >= 11 is 0. The molecule has 2 saturated heterocycles. The fourth-order valence-electron chi connectivity index (χ4n) is 3.99. The van der Waals surface area contributed by atoms with E-state index < -0.39 is 0 Å². The van der Waals surface area contributed by atoms with Gasteiger partial charge in [-0.1, -0.05) is 12.1 Å². The van der Waals surface area contributed by atoms with Crippen molar-refractivity contribution in [3.05, 3.63) is 59.7 Å². The lowest BCUT2D eigenvalue weighted by molar-refractivity contribution is -0.136. The highest BCUT2D eigenvalue weighted by Gasteiger charge is 2.35. The van der Waals surface area contributed by atoms with Gasteiger partial charge >= 0.3 is 0 Å². The predicted octanol–water partition coefficient (Wildman–Crippen LogP) is 2.31. The van der Waals surface area contributed by atoms with Crippen LogP contribution in [-0.2, 0) is 9.59 Å². The van der Waals surface area contributed by atoms with Crippen LogP contribution in [0.3, 0.4) is 0 Å². The molecule has 4 rings (SSSR count). The summed E-state index contributed by atoms with van der Waals surface area (Å²) in [5.74, 6) is -0.606. The number of hydrogen-bond donors (Lipinski definition) is 3. The number of rotatable bonds is 4. The van der Waals surface area contributed by atoms with Gasteiger partial charge in [0.2, 0.25) is 11.8 Å². The maximum atomic E-state index is 13.7. The van der Waals surface area contributed by atoms with Crippen molar-refractivity contribution in [2.75, 3.05) is 18.4 Å². The lowest BCUT2D eigenvalue weighted by Crippen LogP contribution is -2.49. The predicted molar refractivity (Wildman–Crippen MR) is 111 cm³/mol. The summed E-state index contributed by atoms with van der Waals surface area (Å²) in [5, 5.41) is 2.79. The molecular formula is C22H26FN5O2. The van der Waals surface area contributed by atoms with Crippen molar-refractivity contribution in [1.82, 2.24) is 20.7 Å². The van der Waals surface area contributed by atoms with Crippen LogP contribution in [0.1, 0.15) is 36.6 Å². The van der Waals surface area contributed by atoms with Gasteiger partial charge in [-0.2, -0.15) is 0 Å². The molecule has 0 spiro atoms. The lowest BCUT2D eigenvalue weighted by atomic mass is 9.95.